The molecule has 1 fully saturated rings. The van der Waals surface area contributed by atoms with E-state index < -0.39 is 10.0 Å². The minimum Gasteiger partial charge on any atom is -0.495 e. The number of carbonyl (C=O) groups excluding carboxylic acids is 1. The van der Waals surface area contributed by atoms with E-state index in [1.165, 1.54) is 17.5 Å². The molecule has 0 bridgehead atoms. The summed E-state index contributed by atoms with van der Waals surface area (Å²) in [5.74, 6) is -0.0404. The molecule has 0 spiro atoms. The zero-order chi connectivity index (χ0) is 23.0. The number of rotatable bonds is 5. The zero-order valence-electron chi connectivity index (χ0n) is 18.3. The maximum Gasteiger partial charge on any atom is 0.256 e. The summed E-state index contributed by atoms with van der Waals surface area (Å²) in [4.78, 5) is 18.2. The van der Waals surface area contributed by atoms with E-state index in [9.17, 15) is 13.2 Å². The van der Waals surface area contributed by atoms with E-state index in [4.69, 9.17) is 14.5 Å². The average molecular weight is 468 g/mol. The van der Waals surface area contributed by atoms with E-state index in [1.54, 1.807) is 12.1 Å². The number of anilines is 1. The van der Waals surface area contributed by atoms with Crippen LogP contribution in [0.3, 0.4) is 0 Å². The van der Waals surface area contributed by atoms with Crippen molar-refractivity contribution in [2.45, 2.75) is 24.2 Å². The number of carbonyl (C=O) groups is 1. The lowest BCUT2D eigenvalue weighted by Crippen LogP contribution is -2.40. The van der Waals surface area contributed by atoms with Crippen molar-refractivity contribution < 1.29 is 22.7 Å². The largest absolute Gasteiger partial charge is 0.495 e. The maximum atomic E-state index is 13.5. The second kappa shape index (κ2) is 8.74. The van der Waals surface area contributed by atoms with Crippen molar-refractivity contribution in [3.8, 4) is 5.75 Å². The van der Waals surface area contributed by atoms with Gasteiger partial charge in [0.05, 0.1) is 31.4 Å². The summed E-state index contributed by atoms with van der Waals surface area (Å²) in [7, 11) is -2.38. The number of nitrogens with one attached hydrogen (secondary N) is 1. The van der Waals surface area contributed by atoms with Gasteiger partial charge in [-0.3, -0.25) is 9.78 Å². The van der Waals surface area contributed by atoms with E-state index in [2.05, 4.69) is 5.32 Å². The number of amides is 1. The van der Waals surface area contributed by atoms with Crippen molar-refractivity contribution in [3.63, 3.8) is 0 Å². The molecule has 1 aliphatic heterocycles. The number of ether oxygens (including phenoxy) is 2. The Bertz CT molecular complexity index is 1330. The van der Waals surface area contributed by atoms with Gasteiger partial charge in [-0.2, -0.15) is 4.31 Å². The quantitative estimate of drug-likeness (QED) is 0.620. The number of aromatic nitrogens is 1. The summed E-state index contributed by atoms with van der Waals surface area (Å²) < 4.78 is 38.5. The Kier molecular flexibility index (Phi) is 5.77. The number of nitrogens with zero attached hydrogens (tertiary/aromatic N) is 2. The van der Waals surface area contributed by atoms with Crippen LogP contribution in [0.4, 0.5) is 5.69 Å². The fourth-order valence-electron chi connectivity index (χ4n) is 4.55. The van der Waals surface area contributed by atoms with Crippen LogP contribution < -0.4 is 10.1 Å². The molecular weight excluding hydrogens is 442 g/mol. The van der Waals surface area contributed by atoms with Gasteiger partial charge in [0.25, 0.3) is 5.91 Å². The van der Waals surface area contributed by atoms with Crippen LogP contribution >= 0.6 is 0 Å². The van der Waals surface area contributed by atoms with Gasteiger partial charge in [0.15, 0.2) is 0 Å². The fourth-order valence-corrected chi connectivity index (χ4v) is 6.14. The van der Waals surface area contributed by atoms with Crippen LogP contribution in [0, 0.1) is 0 Å². The number of morpholine rings is 1. The third-order valence-electron chi connectivity index (χ3n) is 6.16. The standard InChI is InChI=1S/C24H25N3O5S/c1-31-21-10-9-16(15-22(21)33(29,30)27-11-13-32-14-12-27)25-24(28)23-17-5-2-3-7-19(17)26-20-8-4-6-18(20)23/h2-3,5,7,9-10,15H,4,6,8,11-14H2,1H3,(H,25,28). The minimum absolute atomic E-state index is 0.0227. The smallest absolute Gasteiger partial charge is 0.256 e. The van der Waals surface area contributed by atoms with Crippen LogP contribution in [-0.4, -0.2) is 57.0 Å². The number of hydrogen-bond acceptors (Lipinski definition) is 6. The molecule has 1 amide bonds. The van der Waals surface area contributed by atoms with Gasteiger partial charge in [-0.05, 0) is 49.1 Å². The second-order valence-electron chi connectivity index (χ2n) is 8.12. The molecule has 3 aromatic rings. The topological polar surface area (TPSA) is 97.8 Å². The molecule has 1 saturated heterocycles. The average Bonchev–Trinajstić information content (AvgIpc) is 3.31. The lowest BCUT2D eigenvalue weighted by atomic mass is 10.0. The first kappa shape index (κ1) is 21.8. The van der Waals surface area contributed by atoms with Crippen LogP contribution in [-0.2, 0) is 27.6 Å². The molecule has 0 saturated carbocycles. The van der Waals surface area contributed by atoms with Crippen LogP contribution in [0.2, 0.25) is 0 Å². The number of benzene rings is 2. The molecule has 2 aliphatic rings. The molecule has 2 heterocycles. The summed E-state index contributed by atoms with van der Waals surface area (Å²) in [6.45, 7) is 1.24. The minimum atomic E-state index is -3.80. The SMILES string of the molecule is COc1ccc(NC(=O)c2c3c(nc4ccccc24)CCC3)cc1S(=O)(=O)N1CCOCC1. The summed E-state index contributed by atoms with van der Waals surface area (Å²) >= 11 is 0. The first-order valence-corrected chi connectivity index (χ1v) is 12.4. The number of para-hydroxylation sites is 1. The molecule has 1 aliphatic carbocycles. The maximum absolute atomic E-state index is 13.5. The molecular formula is C24H25N3O5S. The summed E-state index contributed by atoms with van der Waals surface area (Å²) in [6, 6.07) is 12.3. The van der Waals surface area contributed by atoms with Crippen molar-refractivity contribution >= 4 is 32.5 Å². The molecule has 2 aromatic carbocycles. The Morgan fingerprint density at radius 1 is 1.12 bits per heavy atom. The van der Waals surface area contributed by atoms with Crippen molar-refractivity contribution in [3.05, 3.63) is 59.3 Å². The molecule has 8 nitrogen and oxygen atoms in total. The third kappa shape index (κ3) is 3.96. The van der Waals surface area contributed by atoms with Gasteiger partial charge in [-0.25, -0.2) is 8.42 Å². The summed E-state index contributed by atoms with van der Waals surface area (Å²) in [6.07, 6.45) is 2.61. The predicted octanol–water partition coefficient (Wildman–Crippen LogP) is 3.01. The van der Waals surface area contributed by atoms with Crippen LogP contribution in [0.25, 0.3) is 10.9 Å². The van der Waals surface area contributed by atoms with Crippen molar-refractivity contribution in [2.24, 2.45) is 0 Å². The summed E-state index contributed by atoms with van der Waals surface area (Å²) in [5.41, 5.74) is 3.72. The highest BCUT2D eigenvalue weighted by Crippen LogP contribution is 2.33. The van der Waals surface area contributed by atoms with Crippen molar-refractivity contribution in [1.29, 1.82) is 0 Å². The Morgan fingerprint density at radius 3 is 2.70 bits per heavy atom. The van der Waals surface area contributed by atoms with Crippen molar-refractivity contribution in [2.75, 3.05) is 38.7 Å². The Labute approximate surface area is 192 Å². The number of fused-ring (bicyclic) bond motifs is 2. The molecule has 33 heavy (non-hydrogen) atoms. The van der Waals surface area contributed by atoms with E-state index >= 15 is 0 Å². The van der Waals surface area contributed by atoms with Crippen LogP contribution in [0.15, 0.2) is 47.4 Å². The molecule has 172 valence electrons. The number of aryl methyl sites for hydroxylation is 1. The second-order valence-corrected chi connectivity index (χ2v) is 10.0. The van der Waals surface area contributed by atoms with Gasteiger partial charge < -0.3 is 14.8 Å². The number of hydrogen-bond donors (Lipinski definition) is 1. The summed E-state index contributed by atoms with van der Waals surface area (Å²) in [5, 5.41) is 3.71. The fraction of sp³-hybridized carbons (Fsp3) is 0.333. The Hall–Kier alpha value is -3.01. The first-order chi connectivity index (χ1) is 16.0. The monoisotopic (exact) mass is 467 g/mol. The Morgan fingerprint density at radius 2 is 1.91 bits per heavy atom. The van der Waals surface area contributed by atoms with Gasteiger partial charge in [0.1, 0.15) is 10.6 Å². The highest BCUT2D eigenvalue weighted by atomic mass is 32.2. The Balaban J connectivity index is 1.52. The molecule has 1 aromatic heterocycles. The lowest BCUT2D eigenvalue weighted by Gasteiger charge is -2.26. The van der Waals surface area contributed by atoms with Crippen molar-refractivity contribution in [1.82, 2.24) is 9.29 Å². The lowest BCUT2D eigenvalue weighted by molar-refractivity contribution is 0.0729. The molecule has 1 N–H and O–H groups in total. The molecule has 5 rings (SSSR count). The molecule has 0 radical (unpaired) electrons. The van der Waals surface area contributed by atoms with Gasteiger partial charge >= 0.3 is 0 Å². The molecule has 0 atom stereocenters. The molecule has 0 unspecified atom stereocenters. The first-order valence-electron chi connectivity index (χ1n) is 11.0. The zero-order valence-corrected chi connectivity index (χ0v) is 19.2. The highest BCUT2D eigenvalue weighted by Gasteiger charge is 2.30. The highest BCUT2D eigenvalue weighted by molar-refractivity contribution is 7.89. The van der Waals surface area contributed by atoms with Crippen LogP contribution in [0.1, 0.15) is 28.0 Å². The van der Waals surface area contributed by atoms with E-state index in [0.717, 1.165) is 41.4 Å². The normalized spacial score (nSPS) is 16.5. The number of sulfonamides is 1. The van der Waals surface area contributed by atoms with E-state index in [-0.39, 0.29) is 29.6 Å². The number of methoxy groups -OCH3 is 1. The van der Waals surface area contributed by atoms with Gasteiger partial charge in [0, 0.05) is 29.9 Å². The predicted molar refractivity (Wildman–Crippen MR) is 124 cm³/mol. The van der Waals surface area contributed by atoms with Gasteiger partial charge in [-0.15, -0.1) is 0 Å². The molecule has 9 heteroatoms. The van der Waals surface area contributed by atoms with Gasteiger partial charge in [0.2, 0.25) is 10.0 Å². The van der Waals surface area contributed by atoms with E-state index in [1.807, 2.05) is 24.3 Å². The third-order valence-corrected chi connectivity index (χ3v) is 8.08. The van der Waals surface area contributed by atoms with E-state index in [0.29, 0.717) is 24.5 Å². The van der Waals surface area contributed by atoms with Crippen LogP contribution in [0.5, 0.6) is 5.75 Å². The number of pyridine rings is 1. The van der Waals surface area contributed by atoms with Gasteiger partial charge in [-0.1, -0.05) is 18.2 Å².